The van der Waals surface area contributed by atoms with Crippen LogP contribution in [0.5, 0.6) is 0 Å². The summed E-state index contributed by atoms with van der Waals surface area (Å²) in [4.78, 5) is 4.58. The first-order valence-electron chi connectivity index (χ1n) is 8.45. The fraction of sp³-hybridized carbons (Fsp3) is 0.412. The summed E-state index contributed by atoms with van der Waals surface area (Å²) in [6, 6.07) is 10.3. The lowest BCUT2D eigenvalue weighted by Crippen LogP contribution is -2.09. The maximum atomic E-state index is 4.58. The molecular formula is C17H18N6S. The number of anilines is 1. The van der Waals surface area contributed by atoms with Gasteiger partial charge in [0.25, 0.3) is 0 Å². The molecule has 2 aliphatic carbocycles. The summed E-state index contributed by atoms with van der Waals surface area (Å²) in [5, 5.41) is 13.1. The Hall–Kier alpha value is -2.28. The number of hydrogen-bond donors (Lipinski definition) is 1. The monoisotopic (exact) mass is 338 g/mol. The minimum absolute atomic E-state index is 0.550. The summed E-state index contributed by atoms with van der Waals surface area (Å²) in [7, 11) is 0. The van der Waals surface area contributed by atoms with E-state index in [2.05, 4.69) is 53.7 Å². The Morgan fingerprint density at radius 2 is 1.83 bits per heavy atom. The van der Waals surface area contributed by atoms with Gasteiger partial charge < -0.3 is 5.32 Å². The zero-order valence-electron chi connectivity index (χ0n) is 13.2. The molecule has 0 saturated heterocycles. The number of hydrogen-bond acceptors (Lipinski definition) is 6. The van der Waals surface area contributed by atoms with Crippen molar-refractivity contribution in [3.8, 4) is 5.69 Å². The number of para-hydroxylation sites is 1. The summed E-state index contributed by atoms with van der Waals surface area (Å²) in [5.41, 5.74) is 1.12. The van der Waals surface area contributed by atoms with Gasteiger partial charge in [-0.25, -0.2) is 4.98 Å². The Morgan fingerprint density at radius 3 is 2.58 bits per heavy atom. The Balaban J connectivity index is 1.40. The highest BCUT2D eigenvalue weighted by Crippen LogP contribution is 2.40. The highest BCUT2D eigenvalue weighted by molar-refractivity contribution is 7.09. The van der Waals surface area contributed by atoms with Crippen LogP contribution in [0.25, 0.3) is 5.69 Å². The molecule has 2 saturated carbocycles. The lowest BCUT2D eigenvalue weighted by atomic mass is 10.3. The van der Waals surface area contributed by atoms with Crippen molar-refractivity contribution in [3.63, 3.8) is 0 Å². The summed E-state index contributed by atoms with van der Waals surface area (Å²) in [6.07, 6.45) is 4.87. The molecule has 2 fully saturated rings. The predicted molar refractivity (Wildman–Crippen MR) is 92.5 cm³/mol. The molecule has 3 aromatic rings. The van der Waals surface area contributed by atoms with E-state index in [0.717, 1.165) is 28.3 Å². The van der Waals surface area contributed by atoms with Gasteiger partial charge in [-0.1, -0.05) is 18.2 Å². The van der Waals surface area contributed by atoms with Gasteiger partial charge in [0, 0.05) is 29.1 Å². The fourth-order valence-electron chi connectivity index (χ4n) is 2.88. The van der Waals surface area contributed by atoms with E-state index in [9.17, 15) is 0 Å². The van der Waals surface area contributed by atoms with Gasteiger partial charge in [-0.2, -0.15) is 4.37 Å². The predicted octanol–water partition coefficient (Wildman–Crippen LogP) is 3.49. The molecule has 0 radical (unpaired) electrons. The molecule has 122 valence electrons. The van der Waals surface area contributed by atoms with Gasteiger partial charge in [0.1, 0.15) is 11.6 Å². The van der Waals surface area contributed by atoms with Crippen LogP contribution in [0.1, 0.15) is 55.0 Å². The van der Waals surface area contributed by atoms with Gasteiger partial charge in [-0.3, -0.25) is 4.57 Å². The van der Waals surface area contributed by atoms with Gasteiger partial charge >= 0.3 is 0 Å². The second-order valence-electron chi connectivity index (χ2n) is 6.51. The summed E-state index contributed by atoms with van der Waals surface area (Å²) >= 11 is 1.43. The fourth-order valence-corrected chi connectivity index (χ4v) is 3.52. The number of rotatable bonds is 6. The molecule has 2 aliphatic rings. The van der Waals surface area contributed by atoms with E-state index in [1.54, 1.807) is 0 Å². The Bertz CT molecular complexity index is 847. The average Bonchev–Trinajstić information content (AvgIpc) is 3.55. The maximum Gasteiger partial charge on any atom is 0.202 e. The molecule has 0 aliphatic heterocycles. The van der Waals surface area contributed by atoms with Crippen LogP contribution in [-0.4, -0.2) is 24.1 Å². The van der Waals surface area contributed by atoms with E-state index < -0.39 is 0 Å². The first kappa shape index (κ1) is 14.1. The Kier molecular flexibility index (Phi) is 3.33. The van der Waals surface area contributed by atoms with Crippen LogP contribution in [0.15, 0.2) is 30.3 Å². The summed E-state index contributed by atoms with van der Waals surface area (Å²) < 4.78 is 6.63. The minimum Gasteiger partial charge on any atom is -0.353 e. The molecular weight excluding hydrogens is 320 g/mol. The van der Waals surface area contributed by atoms with E-state index >= 15 is 0 Å². The number of nitrogens with one attached hydrogen (secondary N) is 1. The van der Waals surface area contributed by atoms with Crippen molar-refractivity contribution in [3.05, 3.63) is 47.8 Å². The molecule has 0 amide bonds. The van der Waals surface area contributed by atoms with Gasteiger partial charge in [0.05, 0.1) is 6.54 Å². The average molecular weight is 338 g/mol. The van der Waals surface area contributed by atoms with Crippen LogP contribution in [0.3, 0.4) is 0 Å². The molecule has 0 atom stereocenters. The first-order valence-corrected chi connectivity index (χ1v) is 9.23. The quantitative estimate of drug-likeness (QED) is 0.745. The first-order chi connectivity index (χ1) is 11.9. The molecule has 2 aromatic heterocycles. The minimum atomic E-state index is 0.550. The summed E-state index contributed by atoms with van der Waals surface area (Å²) in [6.45, 7) is 0.605. The zero-order chi connectivity index (χ0) is 15.9. The van der Waals surface area contributed by atoms with Crippen LogP contribution in [0.2, 0.25) is 0 Å². The topological polar surface area (TPSA) is 68.5 Å². The van der Waals surface area contributed by atoms with Crippen LogP contribution in [0, 0.1) is 0 Å². The Labute approximate surface area is 144 Å². The van der Waals surface area contributed by atoms with Crippen molar-refractivity contribution in [1.29, 1.82) is 0 Å². The van der Waals surface area contributed by atoms with Gasteiger partial charge in [-0.15, -0.1) is 10.2 Å². The normalized spacial score (nSPS) is 17.2. The van der Waals surface area contributed by atoms with Crippen molar-refractivity contribution < 1.29 is 0 Å². The van der Waals surface area contributed by atoms with Crippen molar-refractivity contribution in [2.24, 2.45) is 0 Å². The lowest BCUT2D eigenvalue weighted by Gasteiger charge is -2.10. The third-order valence-electron chi connectivity index (χ3n) is 4.49. The molecule has 1 N–H and O–H groups in total. The maximum absolute atomic E-state index is 4.58. The zero-order valence-corrected chi connectivity index (χ0v) is 14.0. The molecule has 7 heteroatoms. The smallest absolute Gasteiger partial charge is 0.202 e. The number of nitrogens with zero attached hydrogens (tertiary/aromatic N) is 5. The molecule has 2 heterocycles. The largest absolute Gasteiger partial charge is 0.353 e. The number of benzene rings is 1. The van der Waals surface area contributed by atoms with Crippen molar-refractivity contribution in [2.75, 3.05) is 5.32 Å². The SMILES string of the molecule is c1ccc(-n2c(CNc3nc(C4CC4)ns3)nnc2C2CC2)cc1. The molecule has 24 heavy (non-hydrogen) atoms. The van der Waals surface area contributed by atoms with E-state index in [-0.39, 0.29) is 0 Å². The van der Waals surface area contributed by atoms with E-state index in [0.29, 0.717) is 18.4 Å². The van der Waals surface area contributed by atoms with E-state index in [1.807, 2.05) is 6.07 Å². The highest BCUT2D eigenvalue weighted by atomic mass is 32.1. The second-order valence-corrected chi connectivity index (χ2v) is 7.26. The highest BCUT2D eigenvalue weighted by Gasteiger charge is 2.31. The second kappa shape index (κ2) is 5.66. The molecule has 6 nitrogen and oxygen atoms in total. The summed E-state index contributed by atoms with van der Waals surface area (Å²) in [5.74, 6) is 4.13. The van der Waals surface area contributed by atoms with Crippen LogP contribution in [0.4, 0.5) is 5.13 Å². The van der Waals surface area contributed by atoms with Crippen LogP contribution < -0.4 is 5.32 Å². The molecule has 0 bridgehead atoms. The molecule has 5 rings (SSSR count). The van der Waals surface area contributed by atoms with Crippen molar-refractivity contribution >= 4 is 16.7 Å². The van der Waals surface area contributed by atoms with Gasteiger partial charge in [-0.05, 0) is 37.8 Å². The molecule has 1 aromatic carbocycles. The van der Waals surface area contributed by atoms with Crippen molar-refractivity contribution in [1.82, 2.24) is 24.1 Å². The van der Waals surface area contributed by atoms with E-state index in [4.69, 9.17) is 0 Å². The van der Waals surface area contributed by atoms with Gasteiger partial charge in [0.2, 0.25) is 5.13 Å². The third kappa shape index (κ3) is 2.69. The van der Waals surface area contributed by atoms with Crippen molar-refractivity contribution in [2.45, 2.75) is 44.1 Å². The Morgan fingerprint density at radius 1 is 1.04 bits per heavy atom. The number of aromatic nitrogens is 5. The molecule has 0 unspecified atom stereocenters. The standard InChI is InChI=1S/C17H18N6S/c1-2-4-13(5-3-1)23-14(20-21-16(23)12-8-9-12)10-18-17-19-15(22-24-17)11-6-7-11/h1-5,11-12H,6-10H2,(H,18,19,22). The molecule has 0 spiro atoms. The third-order valence-corrected chi connectivity index (χ3v) is 5.18. The lowest BCUT2D eigenvalue weighted by molar-refractivity contribution is 0.839. The van der Waals surface area contributed by atoms with Gasteiger partial charge in [0.15, 0.2) is 5.82 Å². The van der Waals surface area contributed by atoms with Crippen LogP contribution >= 0.6 is 11.5 Å². The van der Waals surface area contributed by atoms with Crippen LogP contribution in [-0.2, 0) is 6.54 Å². The van der Waals surface area contributed by atoms with E-state index in [1.165, 1.54) is 37.2 Å².